The SMILES string of the molecule is CNc1nc(C2CCCCC2)cc2c1ncn2-c1ccncc1. The average Bonchev–Trinajstić information content (AvgIpc) is 3.06. The highest BCUT2D eigenvalue weighted by Gasteiger charge is 2.20. The number of nitrogens with one attached hydrogen (secondary N) is 1. The number of anilines is 1. The molecule has 0 unspecified atom stereocenters. The Labute approximate surface area is 135 Å². The molecule has 0 bridgehead atoms. The standard InChI is InChI=1S/C18H21N5/c1-19-18-17-16(11-15(22-18)13-5-3-2-4-6-13)23(12-21-17)14-7-9-20-10-8-14/h7-13H,2-6H2,1H3,(H,19,22). The third-order valence-corrected chi connectivity index (χ3v) is 4.76. The van der Waals surface area contributed by atoms with Crippen molar-refractivity contribution < 1.29 is 0 Å². The van der Waals surface area contributed by atoms with Gasteiger partial charge in [0.05, 0.1) is 11.2 Å². The van der Waals surface area contributed by atoms with E-state index in [1.807, 2.05) is 37.9 Å². The first-order chi connectivity index (χ1) is 11.4. The van der Waals surface area contributed by atoms with Crippen molar-refractivity contribution in [1.29, 1.82) is 0 Å². The van der Waals surface area contributed by atoms with Gasteiger partial charge < -0.3 is 5.32 Å². The minimum absolute atomic E-state index is 0.570. The number of pyridine rings is 2. The Morgan fingerprint density at radius 1 is 1.13 bits per heavy atom. The maximum absolute atomic E-state index is 4.85. The molecule has 23 heavy (non-hydrogen) atoms. The van der Waals surface area contributed by atoms with Crippen molar-refractivity contribution in [3.63, 3.8) is 0 Å². The summed E-state index contributed by atoms with van der Waals surface area (Å²) >= 11 is 0. The fraction of sp³-hybridized carbons (Fsp3) is 0.389. The lowest BCUT2D eigenvalue weighted by Crippen LogP contribution is -2.08. The predicted octanol–water partition coefficient (Wildman–Crippen LogP) is 3.90. The van der Waals surface area contributed by atoms with E-state index in [1.165, 1.54) is 37.8 Å². The summed E-state index contributed by atoms with van der Waals surface area (Å²) in [6, 6.07) is 6.22. The third kappa shape index (κ3) is 2.56. The minimum Gasteiger partial charge on any atom is -0.371 e. The van der Waals surface area contributed by atoms with Crippen LogP contribution in [-0.2, 0) is 0 Å². The van der Waals surface area contributed by atoms with Gasteiger partial charge >= 0.3 is 0 Å². The molecular formula is C18H21N5. The number of hydrogen-bond donors (Lipinski definition) is 1. The second kappa shape index (κ2) is 5.99. The minimum atomic E-state index is 0.570. The molecule has 3 aromatic heterocycles. The van der Waals surface area contributed by atoms with Crippen molar-refractivity contribution in [2.75, 3.05) is 12.4 Å². The first-order valence-electron chi connectivity index (χ1n) is 8.33. The highest BCUT2D eigenvalue weighted by atomic mass is 15.1. The smallest absolute Gasteiger partial charge is 0.154 e. The van der Waals surface area contributed by atoms with Crippen LogP contribution < -0.4 is 5.32 Å². The molecule has 0 aromatic carbocycles. The normalized spacial score (nSPS) is 15.9. The molecule has 118 valence electrons. The van der Waals surface area contributed by atoms with Gasteiger partial charge in [-0.1, -0.05) is 19.3 Å². The lowest BCUT2D eigenvalue weighted by atomic mass is 9.86. The van der Waals surface area contributed by atoms with E-state index in [1.54, 1.807) is 0 Å². The molecule has 1 aliphatic carbocycles. The highest BCUT2D eigenvalue weighted by Crippen LogP contribution is 2.34. The topological polar surface area (TPSA) is 55.6 Å². The van der Waals surface area contributed by atoms with Crippen LogP contribution in [0.4, 0.5) is 5.82 Å². The first kappa shape index (κ1) is 14.2. The Bertz CT molecular complexity index is 803. The number of aromatic nitrogens is 4. The molecule has 0 aliphatic heterocycles. The predicted molar refractivity (Wildman–Crippen MR) is 92.0 cm³/mol. The summed E-state index contributed by atoms with van der Waals surface area (Å²) in [6.45, 7) is 0. The molecule has 5 heteroatoms. The lowest BCUT2D eigenvalue weighted by molar-refractivity contribution is 0.437. The number of rotatable bonds is 3. The molecule has 4 rings (SSSR count). The van der Waals surface area contributed by atoms with E-state index < -0.39 is 0 Å². The van der Waals surface area contributed by atoms with Crippen LogP contribution in [0.3, 0.4) is 0 Å². The molecule has 0 saturated heterocycles. The maximum Gasteiger partial charge on any atom is 0.154 e. The summed E-state index contributed by atoms with van der Waals surface area (Å²) < 4.78 is 2.12. The monoisotopic (exact) mass is 307 g/mol. The van der Waals surface area contributed by atoms with E-state index in [2.05, 4.69) is 25.9 Å². The Morgan fingerprint density at radius 2 is 1.91 bits per heavy atom. The van der Waals surface area contributed by atoms with Crippen LogP contribution in [0, 0.1) is 0 Å². The second-order valence-electron chi connectivity index (χ2n) is 6.17. The lowest BCUT2D eigenvalue weighted by Gasteiger charge is -2.21. The number of hydrogen-bond acceptors (Lipinski definition) is 4. The summed E-state index contributed by atoms with van der Waals surface area (Å²) in [5, 5.41) is 3.21. The van der Waals surface area contributed by atoms with Gasteiger partial charge in [0, 0.05) is 31.1 Å². The Balaban J connectivity index is 1.86. The van der Waals surface area contributed by atoms with Crippen LogP contribution in [0.5, 0.6) is 0 Å². The summed E-state index contributed by atoms with van der Waals surface area (Å²) in [5.41, 5.74) is 4.29. The van der Waals surface area contributed by atoms with E-state index in [0.29, 0.717) is 5.92 Å². The van der Waals surface area contributed by atoms with Crippen LogP contribution in [0.15, 0.2) is 36.9 Å². The van der Waals surface area contributed by atoms with Gasteiger partial charge in [-0.05, 0) is 31.0 Å². The van der Waals surface area contributed by atoms with E-state index >= 15 is 0 Å². The fourth-order valence-electron chi connectivity index (χ4n) is 3.52. The van der Waals surface area contributed by atoms with Gasteiger partial charge in [-0.25, -0.2) is 9.97 Å². The molecule has 5 nitrogen and oxygen atoms in total. The fourth-order valence-corrected chi connectivity index (χ4v) is 3.52. The van der Waals surface area contributed by atoms with E-state index in [4.69, 9.17) is 4.98 Å². The van der Waals surface area contributed by atoms with Gasteiger partial charge in [-0.3, -0.25) is 9.55 Å². The number of imidazole rings is 1. The van der Waals surface area contributed by atoms with Crippen LogP contribution >= 0.6 is 0 Å². The van der Waals surface area contributed by atoms with Crippen LogP contribution in [0.25, 0.3) is 16.7 Å². The molecule has 0 amide bonds. The van der Waals surface area contributed by atoms with Gasteiger partial charge in [0.2, 0.25) is 0 Å². The van der Waals surface area contributed by atoms with Gasteiger partial charge in [0.1, 0.15) is 11.8 Å². The molecule has 1 saturated carbocycles. The Morgan fingerprint density at radius 3 is 2.65 bits per heavy atom. The van der Waals surface area contributed by atoms with Crippen molar-refractivity contribution in [3.8, 4) is 5.69 Å². The molecular weight excluding hydrogens is 286 g/mol. The summed E-state index contributed by atoms with van der Waals surface area (Å²) in [6.07, 6.45) is 11.9. The van der Waals surface area contributed by atoms with Crippen LogP contribution in [0.2, 0.25) is 0 Å². The van der Waals surface area contributed by atoms with Gasteiger partial charge in [0.15, 0.2) is 5.82 Å². The molecule has 0 atom stereocenters. The summed E-state index contributed by atoms with van der Waals surface area (Å²) in [7, 11) is 1.91. The van der Waals surface area contributed by atoms with E-state index in [-0.39, 0.29) is 0 Å². The molecule has 0 radical (unpaired) electrons. The average molecular weight is 307 g/mol. The summed E-state index contributed by atoms with van der Waals surface area (Å²) in [4.78, 5) is 13.5. The molecule has 3 aromatic rings. The molecule has 0 spiro atoms. The van der Waals surface area contributed by atoms with Gasteiger partial charge in [-0.15, -0.1) is 0 Å². The van der Waals surface area contributed by atoms with Crippen molar-refractivity contribution in [1.82, 2.24) is 19.5 Å². The van der Waals surface area contributed by atoms with Gasteiger partial charge in [-0.2, -0.15) is 0 Å². The Kier molecular flexibility index (Phi) is 3.69. The molecule has 3 heterocycles. The van der Waals surface area contributed by atoms with E-state index in [0.717, 1.165) is 22.5 Å². The quantitative estimate of drug-likeness (QED) is 0.797. The van der Waals surface area contributed by atoms with Crippen molar-refractivity contribution in [2.24, 2.45) is 0 Å². The maximum atomic E-state index is 4.85. The zero-order valence-electron chi connectivity index (χ0n) is 13.4. The van der Waals surface area contributed by atoms with Crippen molar-refractivity contribution >= 4 is 16.9 Å². The Hall–Kier alpha value is -2.43. The highest BCUT2D eigenvalue weighted by molar-refractivity contribution is 5.87. The number of fused-ring (bicyclic) bond motifs is 1. The van der Waals surface area contributed by atoms with Gasteiger partial charge in [0.25, 0.3) is 0 Å². The third-order valence-electron chi connectivity index (χ3n) is 4.76. The summed E-state index contributed by atoms with van der Waals surface area (Å²) in [5.74, 6) is 1.44. The molecule has 1 N–H and O–H groups in total. The van der Waals surface area contributed by atoms with Crippen LogP contribution in [-0.4, -0.2) is 26.6 Å². The zero-order valence-corrected chi connectivity index (χ0v) is 13.4. The largest absolute Gasteiger partial charge is 0.371 e. The van der Waals surface area contributed by atoms with Crippen LogP contribution in [0.1, 0.15) is 43.7 Å². The van der Waals surface area contributed by atoms with Crippen molar-refractivity contribution in [3.05, 3.63) is 42.6 Å². The molecule has 1 fully saturated rings. The zero-order chi connectivity index (χ0) is 15.6. The number of nitrogens with zero attached hydrogens (tertiary/aromatic N) is 4. The second-order valence-corrected chi connectivity index (χ2v) is 6.17. The van der Waals surface area contributed by atoms with Crippen molar-refractivity contribution in [2.45, 2.75) is 38.0 Å². The van der Waals surface area contributed by atoms with E-state index in [9.17, 15) is 0 Å². The first-order valence-corrected chi connectivity index (χ1v) is 8.33. The molecule has 1 aliphatic rings.